The summed E-state index contributed by atoms with van der Waals surface area (Å²) in [6.07, 6.45) is -1.08. The van der Waals surface area contributed by atoms with Crippen LogP contribution in [0.25, 0.3) is 0 Å². The van der Waals surface area contributed by atoms with Crippen LogP contribution in [0.1, 0.15) is 16.6 Å². The molecule has 0 aliphatic heterocycles. The fourth-order valence-electron chi connectivity index (χ4n) is 0.904. The average molecular weight is 272 g/mol. The minimum Gasteiger partial charge on any atom is -0.479 e. The molecule has 1 aromatic rings. The molecule has 1 unspecified atom stereocenters. The number of nitrogens with one attached hydrogen (secondary N) is 2. The van der Waals surface area contributed by atoms with Gasteiger partial charge in [-0.3, -0.25) is 20.4 Å². The summed E-state index contributed by atoms with van der Waals surface area (Å²) in [5, 5.41) is 10.2. The third-order valence-electron chi connectivity index (χ3n) is 1.87. The van der Waals surface area contributed by atoms with Crippen LogP contribution in [0.5, 0.6) is 0 Å². The second kappa shape index (κ2) is 6.72. The Hall–Kier alpha value is -1.93. The van der Waals surface area contributed by atoms with Crippen LogP contribution >= 0.6 is 11.3 Å². The van der Waals surface area contributed by atoms with Crippen molar-refractivity contribution in [3.8, 4) is 0 Å². The fourth-order valence-corrected chi connectivity index (χ4v) is 1.52. The molecule has 0 saturated heterocycles. The van der Waals surface area contributed by atoms with Gasteiger partial charge in [0.25, 0.3) is 11.8 Å². The number of amides is 2. The van der Waals surface area contributed by atoms with Crippen LogP contribution < -0.4 is 10.9 Å². The SMILES string of the molecule is CC(OCC(=O)NNC(=O)c1cccs1)C(=O)O. The van der Waals surface area contributed by atoms with E-state index in [1.807, 2.05) is 0 Å². The van der Waals surface area contributed by atoms with Crippen LogP contribution in [0, 0.1) is 0 Å². The summed E-state index contributed by atoms with van der Waals surface area (Å²) < 4.78 is 4.73. The van der Waals surface area contributed by atoms with Gasteiger partial charge in [0.15, 0.2) is 6.10 Å². The zero-order valence-electron chi connectivity index (χ0n) is 9.50. The highest BCUT2D eigenvalue weighted by Gasteiger charge is 2.13. The number of hydrazine groups is 1. The zero-order valence-corrected chi connectivity index (χ0v) is 10.3. The Balaban J connectivity index is 2.25. The summed E-state index contributed by atoms with van der Waals surface area (Å²) >= 11 is 1.23. The van der Waals surface area contributed by atoms with Crippen LogP contribution in [0.3, 0.4) is 0 Å². The first kappa shape index (κ1) is 14.1. The predicted octanol–water partition coefficient (Wildman–Crippen LogP) is -0.00120. The molecule has 0 fully saturated rings. The molecule has 0 aliphatic rings. The van der Waals surface area contributed by atoms with Gasteiger partial charge in [-0.15, -0.1) is 11.3 Å². The number of hydrogen-bond donors (Lipinski definition) is 3. The summed E-state index contributed by atoms with van der Waals surface area (Å²) in [7, 11) is 0. The van der Waals surface area contributed by atoms with Crippen molar-refractivity contribution in [1.29, 1.82) is 0 Å². The Morgan fingerprint density at radius 2 is 2.17 bits per heavy atom. The number of carbonyl (C=O) groups is 3. The standard InChI is InChI=1S/C10H12N2O5S/c1-6(10(15)16)17-5-8(13)11-12-9(14)7-3-2-4-18-7/h2-4,6H,5H2,1H3,(H,11,13)(H,12,14)(H,15,16). The lowest BCUT2D eigenvalue weighted by molar-refractivity contribution is -0.150. The van der Waals surface area contributed by atoms with Gasteiger partial charge in [-0.25, -0.2) is 4.79 Å². The Morgan fingerprint density at radius 3 is 2.72 bits per heavy atom. The van der Waals surface area contributed by atoms with Crippen LogP contribution in [-0.2, 0) is 14.3 Å². The highest BCUT2D eigenvalue weighted by Crippen LogP contribution is 2.06. The van der Waals surface area contributed by atoms with E-state index >= 15 is 0 Å². The van der Waals surface area contributed by atoms with Crippen molar-refractivity contribution in [3.05, 3.63) is 22.4 Å². The third-order valence-corrected chi connectivity index (χ3v) is 2.74. The monoisotopic (exact) mass is 272 g/mol. The minimum absolute atomic E-state index is 0.440. The second-order valence-corrected chi connectivity index (χ2v) is 4.22. The topological polar surface area (TPSA) is 105 Å². The summed E-state index contributed by atoms with van der Waals surface area (Å²) in [5.74, 6) is -2.23. The van der Waals surface area contributed by atoms with E-state index in [9.17, 15) is 14.4 Å². The normalized spacial score (nSPS) is 11.6. The first-order valence-corrected chi connectivity index (χ1v) is 5.85. The van der Waals surface area contributed by atoms with E-state index in [2.05, 4.69) is 10.9 Å². The Labute approximate surface area is 107 Å². The molecule has 7 nitrogen and oxygen atoms in total. The lowest BCUT2D eigenvalue weighted by atomic mass is 10.4. The molecule has 8 heteroatoms. The number of thiophene rings is 1. The lowest BCUT2D eigenvalue weighted by Gasteiger charge is -2.09. The second-order valence-electron chi connectivity index (χ2n) is 3.27. The quantitative estimate of drug-likeness (QED) is 0.654. The van der Waals surface area contributed by atoms with Crippen molar-refractivity contribution in [2.24, 2.45) is 0 Å². The van der Waals surface area contributed by atoms with Gasteiger partial charge in [-0.2, -0.15) is 0 Å². The van der Waals surface area contributed by atoms with Gasteiger partial charge in [0.05, 0.1) is 4.88 Å². The highest BCUT2D eigenvalue weighted by atomic mass is 32.1. The molecule has 1 atom stereocenters. The van der Waals surface area contributed by atoms with Gasteiger partial charge in [0.2, 0.25) is 0 Å². The minimum atomic E-state index is -1.16. The summed E-state index contributed by atoms with van der Waals surface area (Å²) in [6, 6.07) is 3.31. The maximum absolute atomic E-state index is 11.4. The van der Waals surface area contributed by atoms with Crippen LogP contribution in [-0.4, -0.2) is 35.6 Å². The number of hydrogen-bond acceptors (Lipinski definition) is 5. The molecule has 1 heterocycles. The molecule has 0 saturated carbocycles. The summed E-state index contributed by atoms with van der Waals surface area (Å²) in [5.41, 5.74) is 4.30. The number of carboxylic acid groups (broad SMARTS) is 1. The molecule has 2 amide bonds. The number of aliphatic carboxylic acids is 1. The molecule has 98 valence electrons. The molecule has 0 spiro atoms. The number of ether oxygens (including phenoxy) is 1. The first-order valence-electron chi connectivity index (χ1n) is 4.98. The van der Waals surface area contributed by atoms with E-state index in [0.29, 0.717) is 4.88 Å². The van der Waals surface area contributed by atoms with Crippen molar-refractivity contribution in [3.63, 3.8) is 0 Å². The zero-order chi connectivity index (χ0) is 13.5. The average Bonchev–Trinajstić information content (AvgIpc) is 2.86. The molecule has 0 bridgehead atoms. The van der Waals surface area contributed by atoms with Gasteiger partial charge in [0.1, 0.15) is 6.61 Å². The molecule has 0 aliphatic carbocycles. The Morgan fingerprint density at radius 1 is 1.44 bits per heavy atom. The summed E-state index contributed by atoms with van der Waals surface area (Å²) in [4.78, 5) is 33.5. The predicted molar refractivity (Wildman–Crippen MR) is 63.0 cm³/mol. The fraction of sp³-hybridized carbons (Fsp3) is 0.300. The van der Waals surface area contributed by atoms with Gasteiger partial charge in [-0.05, 0) is 18.4 Å². The molecule has 0 aromatic carbocycles. The van der Waals surface area contributed by atoms with E-state index in [4.69, 9.17) is 9.84 Å². The smallest absolute Gasteiger partial charge is 0.332 e. The molecule has 0 radical (unpaired) electrons. The van der Waals surface area contributed by atoms with Gasteiger partial charge >= 0.3 is 5.97 Å². The van der Waals surface area contributed by atoms with E-state index in [-0.39, 0.29) is 0 Å². The molecule has 3 N–H and O–H groups in total. The lowest BCUT2D eigenvalue weighted by Crippen LogP contribution is -2.43. The Kier molecular flexibility index (Phi) is 5.28. The van der Waals surface area contributed by atoms with Crippen LogP contribution in [0.15, 0.2) is 17.5 Å². The molecular weight excluding hydrogens is 260 g/mol. The van der Waals surface area contributed by atoms with Crippen LogP contribution in [0.2, 0.25) is 0 Å². The molecule has 1 aromatic heterocycles. The molecular formula is C10H12N2O5S. The van der Waals surface area contributed by atoms with Crippen LogP contribution in [0.4, 0.5) is 0 Å². The maximum Gasteiger partial charge on any atom is 0.332 e. The first-order chi connectivity index (χ1) is 8.50. The van der Waals surface area contributed by atoms with E-state index < -0.39 is 30.5 Å². The number of carbonyl (C=O) groups excluding carboxylic acids is 2. The number of carboxylic acids is 1. The number of rotatable bonds is 5. The van der Waals surface area contributed by atoms with E-state index in [1.165, 1.54) is 18.3 Å². The molecule has 18 heavy (non-hydrogen) atoms. The largest absolute Gasteiger partial charge is 0.479 e. The van der Waals surface area contributed by atoms with E-state index in [1.54, 1.807) is 17.5 Å². The van der Waals surface area contributed by atoms with Crippen molar-refractivity contribution in [2.45, 2.75) is 13.0 Å². The maximum atomic E-state index is 11.4. The van der Waals surface area contributed by atoms with Crippen molar-refractivity contribution < 1.29 is 24.2 Å². The van der Waals surface area contributed by atoms with Gasteiger partial charge < -0.3 is 9.84 Å². The van der Waals surface area contributed by atoms with Crippen molar-refractivity contribution in [1.82, 2.24) is 10.9 Å². The van der Waals surface area contributed by atoms with Gasteiger partial charge in [-0.1, -0.05) is 6.07 Å². The highest BCUT2D eigenvalue weighted by molar-refractivity contribution is 7.12. The summed E-state index contributed by atoms with van der Waals surface area (Å²) in [6.45, 7) is 0.859. The molecule has 1 rings (SSSR count). The van der Waals surface area contributed by atoms with Crippen molar-refractivity contribution >= 4 is 29.1 Å². The third kappa shape index (κ3) is 4.52. The van der Waals surface area contributed by atoms with Gasteiger partial charge in [0, 0.05) is 0 Å². The van der Waals surface area contributed by atoms with E-state index in [0.717, 1.165) is 0 Å². The Bertz CT molecular complexity index is 431. The van der Waals surface area contributed by atoms with Crippen molar-refractivity contribution in [2.75, 3.05) is 6.61 Å².